The Hall–Kier alpha value is -1.39. The summed E-state index contributed by atoms with van der Waals surface area (Å²) in [5.41, 5.74) is 7.89. The van der Waals surface area contributed by atoms with Crippen molar-refractivity contribution in [3.05, 3.63) is 45.9 Å². The molecule has 0 fully saturated rings. The van der Waals surface area contributed by atoms with E-state index in [0.717, 1.165) is 29.2 Å². The maximum absolute atomic E-state index is 5.92. The minimum atomic E-state index is 0.259. The van der Waals surface area contributed by atoms with E-state index in [9.17, 15) is 0 Å². The second kappa shape index (κ2) is 5.98. The molecule has 96 valence electrons. The first kappa shape index (κ1) is 13.1. The largest absolute Gasteiger partial charge is 0.398 e. The number of nitrogen functional groups attached to an aromatic ring is 1. The number of nitrogens with zero attached hydrogens (tertiary/aromatic N) is 1. The first-order chi connectivity index (χ1) is 8.70. The average molecular weight is 261 g/mol. The predicted molar refractivity (Wildman–Crippen MR) is 77.6 cm³/mol. The van der Waals surface area contributed by atoms with Crippen LogP contribution in [0.15, 0.2) is 30.5 Å². The smallest absolute Gasteiger partial charge is 0.109 e. The lowest BCUT2D eigenvalue weighted by Crippen LogP contribution is -2.18. The Morgan fingerprint density at radius 1 is 1.39 bits per heavy atom. The molecule has 4 heteroatoms. The molecule has 1 atom stereocenters. The fourth-order valence-corrected chi connectivity index (χ4v) is 2.62. The molecule has 0 radical (unpaired) electrons. The van der Waals surface area contributed by atoms with Crippen molar-refractivity contribution in [2.75, 3.05) is 5.73 Å². The SMILES string of the molecule is CCc1cnc(C(C)NCc2ccccc2N)s1. The number of hydrogen-bond donors (Lipinski definition) is 2. The third kappa shape index (κ3) is 3.09. The first-order valence-electron chi connectivity index (χ1n) is 6.22. The average Bonchev–Trinajstić information content (AvgIpc) is 2.86. The maximum atomic E-state index is 5.92. The number of aryl methyl sites for hydroxylation is 1. The zero-order chi connectivity index (χ0) is 13.0. The predicted octanol–water partition coefficient (Wildman–Crippen LogP) is 3.14. The number of aromatic nitrogens is 1. The van der Waals surface area contributed by atoms with Crippen LogP contribution in [0.4, 0.5) is 5.69 Å². The van der Waals surface area contributed by atoms with Crippen LogP contribution in [0.2, 0.25) is 0 Å². The second-order valence-electron chi connectivity index (χ2n) is 4.32. The quantitative estimate of drug-likeness (QED) is 0.813. The minimum Gasteiger partial charge on any atom is -0.398 e. The lowest BCUT2D eigenvalue weighted by Gasteiger charge is -2.12. The molecule has 1 aromatic carbocycles. The molecule has 0 saturated heterocycles. The van der Waals surface area contributed by atoms with Crippen LogP contribution >= 0.6 is 11.3 Å². The van der Waals surface area contributed by atoms with Gasteiger partial charge in [0.15, 0.2) is 0 Å². The summed E-state index contributed by atoms with van der Waals surface area (Å²) in [6, 6.07) is 8.21. The van der Waals surface area contributed by atoms with Crippen LogP contribution in [0.3, 0.4) is 0 Å². The Kier molecular flexibility index (Phi) is 4.33. The van der Waals surface area contributed by atoms with Crippen molar-refractivity contribution in [2.24, 2.45) is 0 Å². The van der Waals surface area contributed by atoms with Gasteiger partial charge < -0.3 is 11.1 Å². The van der Waals surface area contributed by atoms with E-state index in [1.165, 1.54) is 4.88 Å². The number of thiazole rings is 1. The number of para-hydroxylation sites is 1. The normalized spacial score (nSPS) is 12.6. The Morgan fingerprint density at radius 2 is 2.17 bits per heavy atom. The lowest BCUT2D eigenvalue weighted by atomic mass is 10.2. The molecule has 0 aliphatic carbocycles. The fourth-order valence-electron chi connectivity index (χ4n) is 1.73. The van der Waals surface area contributed by atoms with Crippen LogP contribution in [-0.2, 0) is 13.0 Å². The molecule has 1 aromatic heterocycles. The van der Waals surface area contributed by atoms with Gasteiger partial charge in [-0.15, -0.1) is 11.3 Å². The highest BCUT2D eigenvalue weighted by Gasteiger charge is 2.09. The van der Waals surface area contributed by atoms with Crippen molar-refractivity contribution in [2.45, 2.75) is 32.9 Å². The van der Waals surface area contributed by atoms with Crippen LogP contribution < -0.4 is 11.1 Å². The molecule has 18 heavy (non-hydrogen) atoms. The monoisotopic (exact) mass is 261 g/mol. The Balaban J connectivity index is 1.96. The maximum Gasteiger partial charge on any atom is 0.109 e. The summed E-state index contributed by atoms with van der Waals surface area (Å²) >= 11 is 1.78. The number of nitrogens with one attached hydrogen (secondary N) is 1. The fraction of sp³-hybridized carbons (Fsp3) is 0.357. The zero-order valence-electron chi connectivity index (χ0n) is 10.8. The van der Waals surface area contributed by atoms with E-state index < -0.39 is 0 Å². The van der Waals surface area contributed by atoms with Crippen molar-refractivity contribution in [1.82, 2.24) is 10.3 Å². The van der Waals surface area contributed by atoms with Crippen LogP contribution in [0.25, 0.3) is 0 Å². The van der Waals surface area contributed by atoms with Crippen LogP contribution in [0.1, 0.15) is 35.3 Å². The Morgan fingerprint density at radius 3 is 2.83 bits per heavy atom. The van der Waals surface area contributed by atoms with Crippen molar-refractivity contribution < 1.29 is 0 Å². The summed E-state index contributed by atoms with van der Waals surface area (Å²) in [6.45, 7) is 5.06. The highest BCUT2D eigenvalue weighted by atomic mass is 32.1. The molecule has 0 bridgehead atoms. The van der Waals surface area contributed by atoms with E-state index in [1.54, 1.807) is 11.3 Å². The summed E-state index contributed by atoms with van der Waals surface area (Å²) < 4.78 is 0. The van der Waals surface area contributed by atoms with E-state index in [0.29, 0.717) is 0 Å². The standard InChI is InChI=1S/C14H19N3S/c1-3-12-9-17-14(18-12)10(2)16-8-11-6-4-5-7-13(11)15/h4-7,9-10,16H,3,8,15H2,1-2H3. The number of hydrogen-bond acceptors (Lipinski definition) is 4. The van der Waals surface area contributed by atoms with Gasteiger partial charge in [0.25, 0.3) is 0 Å². The van der Waals surface area contributed by atoms with Gasteiger partial charge in [0.05, 0.1) is 6.04 Å². The van der Waals surface area contributed by atoms with Crippen LogP contribution in [0.5, 0.6) is 0 Å². The van der Waals surface area contributed by atoms with E-state index in [4.69, 9.17) is 5.73 Å². The van der Waals surface area contributed by atoms with E-state index in [1.807, 2.05) is 30.5 Å². The van der Waals surface area contributed by atoms with Gasteiger partial charge in [0.2, 0.25) is 0 Å². The topological polar surface area (TPSA) is 50.9 Å². The molecule has 2 rings (SSSR count). The lowest BCUT2D eigenvalue weighted by molar-refractivity contribution is 0.572. The molecule has 0 saturated carbocycles. The molecule has 0 amide bonds. The van der Waals surface area contributed by atoms with Gasteiger partial charge in [-0.05, 0) is 25.0 Å². The van der Waals surface area contributed by atoms with Gasteiger partial charge in [-0.1, -0.05) is 25.1 Å². The van der Waals surface area contributed by atoms with E-state index in [-0.39, 0.29) is 6.04 Å². The molecular weight excluding hydrogens is 242 g/mol. The van der Waals surface area contributed by atoms with Gasteiger partial charge >= 0.3 is 0 Å². The van der Waals surface area contributed by atoms with Gasteiger partial charge in [-0.2, -0.15) is 0 Å². The van der Waals surface area contributed by atoms with Gasteiger partial charge in [0, 0.05) is 23.3 Å². The summed E-state index contributed by atoms with van der Waals surface area (Å²) in [5.74, 6) is 0. The third-order valence-electron chi connectivity index (χ3n) is 2.94. The molecule has 2 aromatic rings. The second-order valence-corrected chi connectivity index (χ2v) is 5.47. The molecular formula is C14H19N3S. The van der Waals surface area contributed by atoms with E-state index >= 15 is 0 Å². The highest BCUT2D eigenvalue weighted by Crippen LogP contribution is 2.21. The summed E-state index contributed by atoms with van der Waals surface area (Å²) in [4.78, 5) is 5.78. The van der Waals surface area contributed by atoms with Gasteiger partial charge in [-0.3, -0.25) is 0 Å². The molecule has 1 heterocycles. The number of rotatable bonds is 5. The van der Waals surface area contributed by atoms with Crippen molar-refractivity contribution in [3.63, 3.8) is 0 Å². The molecule has 0 spiro atoms. The van der Waals surface area contributed by atoms with Crippen molar-refractivity contribution >= 4 is 17.0 Å². The van der Waals surface area contributed by atoms with Gasteiger partial charge in [0.1, 0.15) is 5.01 Å². The van der Waals surface area contributed by atoms with Crippen LogP contribution in [0, 0.1) is 0 Å². The Bertz CT molecular complexity index is 507. The van der Waals surface area contributed by atoms with Gasteiger partial charge in [-0.25, -0.2) is 4.98 Å². The molecule has 3 nitrogen and oxygen atoms in total. The highest BCUT2D eigenvalue weighted by molar-refractivity contribution is 7.11. The Labute approximate surface area is 112 Å². The number of anilines is 1. The number of nitrogens with two attached hydrogens (primary N) is 1. The molecule has 1 unspecified atom stereocenters. The van der Waals surface area contributed by atoms with Crippen molar-refractivity contribution in [3.8, 4) is 0 Å². The first-order valence-corrected chi connectivity index (χ1v) is 7.03. The van der Waals surface area contributed by atoms with Crippen LogP contribution in [-0.4, -0.2) is 4.98 Å². The van der Waals surface area contributed by atoms with Crippen molar-refractivity contribution in [1.29, 1.82) is 0 Å². The van der Waals surface area contributed by atoms with E-state index in [2.05, 4.69) is 24.1 Å². The summed E-state index contributed by atoms with van der Waals surface area (Å²) in [7, 11) is 0. The minimum absolute atomic E-state index is 0.259. The molecule has 3 N–H and O–H groups in total. The molecule has 0 aliphatic rings. The summed E-state index contributed by atoms with van der Waals surface area (Å²) in [5, 5.41) is 4.60. The molecule has 0 aliphatic heterocycles. The zero-order valence-corrected chi connectivity index (χ0v) is 11.6. The number of benzene rings is 1. The summed E-state index contributed by atoms with van der Waals surface area (Å²) in [6.07, 6.45) is 3.02. The third-order valence-corrected chi connectivity index (χ3v) is 4.27.